The van der Waals surface area contributed by atoms with Gasteiger partial charge in [0.25, 0.3) is 5.91 Å². The second-order valence-corrected chi connectivity index (χ2v) is 6.83. The number of piperidine rings is 1. The number of amides is 1. The minimum absolute atomic E-state index is 0. The van der Waals surface area contributed by atoms with Crippen LogP contribution in [-0.2, 0) is 0 Å². The molecule has 0 spiro atoms. The van der Waals surface area contributed by atoms with Gasteiger partial charge in [-0.1, -0.05) is 13.3 Å². The number of hydrogen-bond acceptors (Lipinski definition) is 3. The highest BCUT2D eigenvalue weighted by Crippen LogP contribution is 2.21. The number of carbonyl (C=O) groups excluding carboxylic acids is 1. The molecule has 1 aromatic rings. The maximum atomic E-state index is 12.7. The van der Waals surface area contributed by atoms with Gasteiger partial charge in [0, 0.05) is 44.0 Å². The van der Waals surface area contributed by atoms with Crippen molar-refractivity contribution in [1.82, 2.24) is 4.90 Å². The quantitative estimate of drug-likeness (QED) is 0.800. The summed E-state index contributed by atoms with van der Waals surface area (Å²) in [4.78, 5) is 16.9. The molecule has 2 N–H and O–H groups in total. The summed E-state index contributed by atoms with van der Waals surface area (Å²) in [6, 6.07) is 8.16. The van der Waals surface area contributed by atoms with E-state index >= 15 is 0 Å². The maximum Gasteiger partial charge on any atom is 0.253 e. The van der Waals surface area contributed by atoms with Crippen LogP contribution in [0.5, 0.6) is 0 Å². The number of nitrogens with two attached hydrogens (primary N) is 1. The highest BCUT2D eigenvalue weighted by Gasteiger charge is 2.26. The third-order valence-corrected chi connectivity index (χ3v) is 4.89. The summed E-state index contributed by atoms with van der Waals surface area (Å²) in [5.41, 5.74) is 7.97. The van der Waals surface area contributed by atoms with E-state index in [9.17, 15) is 4.79 Å². The van der Waals surface area contributed by atoms with Crippen LogP contribution in [-0.4, -0.2) is 43.5 Å². The molecule has 1 saturated heterocycles. The van der Waals surface area contributed by atoms with Crippen LogP contribution in [0, 0.1) is 5.92 Å². The fraction of sp³-hybridized carbons (Fsp3) is 0.632. The van der Waals surface area contributed by atoms with Gasteiger partial charge in [0.2, 0.25) is 0 Å². The van der Waals surface area contributed by atoms with Crippen LogP contribution >= 0.6 is 24.8 Å². The summed E-state index contributed by atoms with van der Waals surface area (Å²) in [5.74, 6) is 0.560. The number of likely N-dealkylation sites (tertiary alicyclic amines) is 1. The minimum Gasteiger partial charge on any atom is -0.375 e. The molecule has 2 atom stereocenters. The Morgan fingerprint density at radius 2 is 1.96 bits per heavy atom. The van der Waals surface area contributed by atoms with Crippen molar-refractivity contribution >= 4 is 36.4 Å². The van der Waals surface area contributed by atoms with Crippen molar-refractivity contribution in [2.45, 2.75) is 45.6 Å². The number of unbranched alkanes of at least 4 members (excludes halogenated alkanes) is 1. The van der Waals surface area contributed by atoms with Crippen molar-refractivity contribution in [2.24, 2.45) is 11.7 Å². The fourth-order valence-electron chi connectivity index (χ4n) is 3.19. The lowest BCUT2D eigenvalue weighted by Crippen LogP contribution is -2.45. The first kappa shape index (κ1) is 24.0. The maximum absolute atomic E-state index is 12.7. The molecule has 1 aliphatic rings. The van der Waals surface area contributed by atoms with Crippen LogP contribution in [0.15, 0.2) is 24.3 Å². The molecule has 0 aromatic heterocycles. The first-order valence-corrected chi connectivity index (χ1v) is 8.89. The fourth-order valence-corrected chi connectivity index (χ4v) is 3.19. The summed E-state index contributed by atoms with van der Waals surface area (Å²) >= 11 is 0. The van der Waals surface area contributed by atoms with E-state index in [4.69, 9.17) is 5.73 Å². The van der Waals surface area contributed by atoms with E-state index in [2.05, 4.69) is 31.0 Å². The van der Waals surface area contributed by atoms with Gasteiger partial charge in [0.1, 0.15) is 0 Å². The number of anilines is 1. The van der Waals surface area contributed by atoms with Gasteiger partial charge in [-0.2, -0.15) is 0 Å². The first-order valence-electron chi connectivity index (χ1n) is 8.89. The summed E-state index contributed by atoms with van der Waals surface area (Å²) in [6.07, 6.45) is 4.55. The molecule has 0 radical (unpaired) electrons. The summed E-state index contributed by atoms with van der Waals surface area (Å²) < 4.78 is 0. The molecule has 6 heteroatoms. The normalized spacial score (nSPS) is 17.9. The Morgan fingerprint density at radius 3 is 2.52 bits per heavy atom. The van der Waals surface area contributed by atoms with Crippen molar-refractivity contribution in [3.63, 3.8) is 0 Å². The highest BCUT2D eigenvalue weighted by molar-refractivity contribution is 5.94. The lowest BCUT2D eigenvalue weighted by atomic mass is 9.92. The SMILES string of the molecule is CCCCN(C)c1ccc(C(=O)N2CCCC(C(C)N)C2)cc1.Cl.Cl. The largest absolute Gasteiger partial charge is 0.375 e. The van der Waals surface area contributed by atoms with E-state index in [1.54, 1.807) is 0 Å². The van der Waals surface area contributed by atoms with E-state index in [0.717, 1.165) is 38.0 Å². The molecular formula is C19H33Cl2N3O. The molecule has 4 nitrogen and oxygen atoms in total. The summed E-state index contributed by atoms with van der Waals surface area (Å²) in [5, 5.41) is 0. The molecule has 1 fully saturated rings. The molecule has 144 valence electrons. The molecule has 0 saturated carbocycles. The lowest BCUT2D eigenvalue weighted by Gasteiger charge is -2.34. The van der Waals surface area contributed by atoms with Gasteiger partial charge in [-0.05, 0) is 56.4 Å². The average Bonchev–Trinajstić information content (AvgIpc) is 2.59. The molecule has 0 aliphatic carbocycles. The second kappa shape index (κ2) is 11.6. The predicted molar refractivity (Wildman–Crippen MR) is 111 cm³/mol. The van der Waals surface area contributed by atoms with Crippen LogP contribution < -0.4 is 10.6 Å². The standard InChI is InChI=1S/C19H31N3O.2ClH/c1-4-5-12-21(3)18-10-8-16(9-11-18)19(23)22-13-6-7-17(14-22)15(2)20;;/h8-11,15,17H,4-7,12-14,20H2,1-3H3;2*1H. The van der Waals surface area contributed by atoms with Crippen molar-refractivity contribution in [1.29, 1.82) is 0 Å². The van der Waals surface area contributed by atoms with E-state index in [1.807, 2.05) is 24.0 Å². The molecular weight excluding hydrogens is 357 g/mol. The van der Waals surface area contributed by atoms with Crippen LogP contribution in [0.25, 0.3) is 0 Å². The Kier molecular flexibility index (Phi) is 11.2. The zero-order valence-corrected chi connectivity index (χ0v) is 17.2. The van der Waals surface area contributed by atoms with Crippen molar-refractivity contribution in [2.75, 3.05) is 31.6 Å². The topological polar surface area (TPSA) is 49.6 Å². The number of hydrogen-bond donors (Lipinski definition) is 1. The molecule has 1 heterocycles. The third kappa shape index (κ3) is 6.69. The molecule has 1 aromatic carbocycles. The molecule has 1 aliphatic heterocycles. The monoisotopic (exact) mass is 389 g/mol. The molecule has 1 amide bonds. The highest BCUT2D eigenvalue weighted by atomic mass is 35.5. The number of halogens is 2. The van der Waals surface area contributed by atoms with Gasteiger partial charge < -0.3 is 15.5 Å². The Hall–Kier alpha value is -0.970. The van der Waals surface area contributed by atoms with Crippen LogP contribution in [0.1, 0.15) is 49.9 Å². The van der Waals surface area contributed by atoms with Crippen LogP contribution in [0.4, 0.5) is 5.69 Å². The van der Waals surface area contributed by atoms with Crippen LogP contribution in [0.3, 0.4) is 0 Å². The van der Waals surface area contributed by atoms with E-state index in [-0.39, 0.29) is 36.8 Å². The van der Waals surface area contributed by atoms with Gasteiger partial charge in [0.15, 0.2) is 0 Å². The van der Waals surface area contributed by atoms with Gasteiger partial charge in [0.05, 0.1) is 0 Å². The molecule has 2 unspecified atom stereocenters. The Morgan fingerprint density at radius 1 is 1.32 bits per heavy atom. The Bertz CT molecular complexity index is 508. The smallest absolute Gasteiger partial charge is 0.253 e. The first-order chi connectivity index (χ1) is 11.0. The van der Waals surface area contributed by atoms with Gasteiger partial charge in [-0.3, -0.25) is 4.79 Å². The lowest BCUT2D eigenvalue weighted by molar-refractivity contribution is 0.0661. The molecule has 0 bridgehead atoms. The van der Waals surface area contributed by atoms with E-state index < -0.39 is 0 Å². The number of nitrogens with zero attached hydrogens (tertiary/aromatic N) is 2. The van der Waals surface area contributed by atoms with Crippen LogP contribution in [0.2, 0.25) is 0 Å². The van der Waals surface area contributed by atoms with E-state index in [1.165, 1.54) is 18.5 Å². The van der Waals surface area contributed by atoms with Gasteiger partial charge in [-0.25, -0.2) is 0 Å². The van der Waals surface area contributed by atoms with Gasteiger partial charge in [-0.15, -0.1) is 24.8 Å². The van der Waals surface area contributed by atoms with Crippen molar-refractivity contribution < 1.29 is 4.79 Å². The van der Waals surface area contributed by atoms with Crippen molar-refractivity contribution in [3.05, 3.63) is 29.8 Å². The van der Waals surface area contributed by atoms with E-state index in [0.29, 0.717) is 5.92 Å². The second-order valence-electron chi connectivity index (χ2n) is 6.83. The molecule has 25 heavy (non-hydrogen) atoms. The number of benzene rings is 1. The zero-order chi connectivity index (χ0) is 16.8. The number of rotatable bonds is 6. The minimum atomic E-state index is 0. The predicted octanol–water partition coefficient (Wildman–Crippen LogP) is 3.97. The molecule has 2 rings (SSSR count). The van der Waals surface area contributed by atoms with Gasteiger partial charge >= 0.3 is 0 Å². The summed E-state index contributed by atoms with van der Waals surface area (Å²) in [6.45, 7) is 6.92. The van der Waals surface area contributed by atoms with Crippen molar-refractivity contribution in [3.8, 4) is 0 Å². The third-order valence-electron chi connectivity index (χ3n) is 4.89. The Balaban J connectivity index is 0.00000288. The summed E-state index contributed by atoms with van der Waals surface area (Å²) in [7, 11) is 2.10. The Labute approximate surface area is 164 Å². The number of carbonyl (C=O) groups is 1. The zero-order valence-electron chi connectivity index (χ0n) is 15.6. The average molecular weight is 390 g/mol.